The van der Waals surface area contributed by atoms with Crippen molar-refractivity contribution in [1.29, 1.82) is 0 Å². The van der Waals surface area contributed by atoms with Gasteiger partial charge in [0.05, 0.1) is 49.1 Å². The van der Waals surface area contributed by atoms with Gasteiger partial charge < -0.3 is 28.8 Å². The number of rotatable bonds is 5. The Morgan fingerprint density at radius 1 is 1.27 bits per heavy atom. The van der Waals surface area contributed by atoms with E-state index in [1.54, 1.807) is 13.8 Å². The van der Waals surface area contributed by atoms with Gasteiger partial charge in [-0.15, -0.1) is 0 Å². The molecule has 3 aliphatic heterocycles. The molecular formula is C23H32O7. The zero-order valence-electron chi connectivity index (χ0n) is 17.9. The van der Waals surface area contributed by atoms with Crippen LogP contribution in [0.5, 0.6) is 0 Å². The summed E-state index contributed by atoms with van der Waals surface area (Å²) in [6, 6.07) is 9.86. The third-order valence-electron chi connectivity index (χ3n) is 6.40. The second kappa shape index (κ2) is 8.93. The Kier molecular flexibility index (Phi) is 6.46. The Balaban J connectivity index is 1.42. The molecule has 0 saturated carbocycles. The van der Waals surface area contributed by atoms with Crippen LogP contribution in [-0.2, 0) is 28.5 Å². The van der Waals surface area contributed by atoms with E-state index in [-0.39, 0.29) is 30.2 Å². The molecule has 0 amide bonds. The van der Waals surface area contributed by atoms with Crippen LogP contribution in [0.15, 0.2) is 30.3 Å². The third-order valence-corrected chi connectivity index (χ3v) is 6.40. The van der Waals surface area contributed by atoms with E-state index in [1.807, 2.05) is 37.3 Å². The summed E-state index contributed by atoms with van der Waals surface area (Å²) >= 11 is 0. The maximum Gasteiger partial charge on any atom is 0.308 e. The molecule has 0 aromatic heterocycles. The number of ether oxygens (including phenoxy) is 5. The quantitative estimate of drug-likeness (QED) is 0.734. The molecule has 1 N–H and O–H groups in total. The van der Waals surface area contributed by atoms with E-state index in [0.29, 0.717) is 32.5 Å². The van der Waals surface area contributed by atoms with Crippen molar-refractivity contribution in [2.24, 2.45) is 5.92 Å². The largest absolute Gasteiger partial charge is 0.466 e. The smallest absolute Gasteiger partial charge is 0.308 e. The van der Waals surface area contributed by atoms with Gasteiger partial charge in [-0.25, -0.2) is 0 Å². The summed E-state index contributed by atoms with van der Waals surface area (Å²) in [6.07, 6.45) is -0.622. The van der Waals surface area contributed by atoms with E-state index in [9.17, 15) is 9.90 Å². The van der Waals surface area contributed by atoms with Crippen molar-refractivity contribution in [2.45, 2.75) is 82.4 Å². The fraction of sp³-hybridized carbons (Fsp3) is 0.696. The number of hydrogen-bond acceptors (Lipinski definition) is 7. The third kappa shape index (κ3) is 4.41. The second-order valence-electron chi connectivity index (χ2n) is 8.78. The molecule has 0 bridgehead atoms. The van der Waals surface area contributed by atoms with E-state index < -0.39 is 24.1 Å². The Labute approximate surface area is 177 Å². The lowest BCUT2D eigenvalue weighted by atomic mass is 9.79. The monoisotopic (exact) mass is 420 g/mol. The molecular weight excluding hydrogens is 388 g/mol. The number of hydrogen-bond donors (Lipinski definition) is 1. The van der Waals surface area contributed by atoms with E-state index >= 15 is 0 Å². The van der Waals surface area contributed by atoms with E-state index in [0.717, 1.165) is 5.56 Å². The molecule has 0 aliphatic carbocycles. The van der Waals surface area contributed by atoms with Gasteiger partial charge in [0.25, 0.3) is 0 Å². The summed E-state index contributed by atoms with van der Waals surface area (Å²) < 4.78 is 29.9. The molecule has 0 spiro atoms. The predicted molar refractivity (Wildman–Crippen MR) is 108 cm³/mol. The maximum atomic E-state index is 12.0. The summed E-state index contributed by atoms with van der Waals surface area (Å²) in [4.78, 5) is 12.0. The Morgan fingerprint density at radius 3 is 2.77 bits per heavy atom. The van der Waals surface area contributed by atoms with Gasteiger partial charge >= 0.3 is 5.97 Å². The maximum absolute atomic E-state index is 12.0. The van der Waals surface area contributed by atoms with Gasteiger partial charge in [-0.05, 0) is 20.3 Å². The van der Waals surface area contributed by atoms with Gasteiger partial charge in [0.15, 0.2) is 6.29 Å². The number of carbonyl (C=O) groups is 1. The lowest BCUT2D eigenvalue weighted by Crippen LogP contribution is -2.64. The van der Waals surface area contributed by atoms with Gasteiger partial charge in [-0.2, -0.15) is 0 Å². The van der Waals surface area contributed by atoms with Crippen molar-refractivity contribution < 1.29 is 33.6 Å². The second-order valence-corrected chi connectivity index (χ2v) is 8.78. The first-order chi connectivity index (χ1) is 14.4. The standard InChI is InChI=1S/C23H32O7/c1-4-26-21(25)14(2)10-17-16(24)12-23(3)20(28-17)11-18-19(30-23)13-27-22(29-18)15-8-6-5-7-9-15/h5-9,14,16-20,22,24H,4,10-13H2,1-3H3/t14?,16-,17+,18+,19-,20-,22-,23+/m1/s1. The molecule has 1 aromatic carbocycles. The fourth-order valence-electron chi connectivity index (χ4n) is 4.73. The van der Waals surface area contributed by atoms with E-state index in [4.69, 9.17) is 23.7 Å². The van der Waals surface area contributed by atoms with Crippen LogP contribution in [0, 0.1) is 5.92 Å². The van der Waals surface area contributed by atoms with Crippen LogP contribution >= 0.6 is 0 Å². The van der Waals surface area contributed by atoms with Crippen molar-refractivity contribution in [3.63, 3.8) is 0 Å². The highest BCUT2D eigenvalue weighted by atomic mass is 16.7. The molecule has 166 valence electrons. The molecule has 7 heteroatoms. The lowest BCUT2D eigenvalue weighted by Gasteiger charge is -2.54. The lowest BCUT2D eigenvalue weighted by molar-refractivity contribution is -0.345. The first-order valence-corrected chi connectivity index (χ1v) is 10.9. The van der Waals surface area contributed by atoms with Crippen molar-refractivity contribution in [2.75, 3.05) is 13.2 Å². The first kappa shape index (κ1) is 21.7. The molecule has 3 fully saturated rings. The van der Waals surface area contributed by atoms with Crippen LogP contribution in [0.3, 0.4) is 0 Å². The zero-order chi connectivity index (χ0) is 21.3. The van der Waals surface area contributed by atoms with Gasteiger partial charge in [0.2, 0.25) is 0 Å². The number of benzene rings is 1. The van der Waals surface area contributed by atoms with Crippen LogP contribution < -0.4 is 0 Å². The number of carbonyl (C=O) groups excluding carboxylic acids is 1. The normalized spacial score (nSPS) is 39.5. The molecule has 3 heterocycles. The summed E-state index contributed by atoms with van der Waals surface area (Å²) in [5.41, 5.74) is 0.363. The summed E-state index contributed by atoms with van der Waals surface area (Å²) in [5, 5.41) is 10.7. The molecule has 8 atom stereocenters. The molecule has 0 radical (unpaired) electrons. The number of aliphatic hydroxyl groups is 1. The molecule has 3 aliphatic rings. The van der Waals surface area contributed by atoms with Crippen molar-refractivity contribution in [3.8, 4) is 0 Å². The molecule has 30 heavy (non-hydrogen) atoms. The van der Waals surface area contributed by atoms with Crippen molar-refractivity contribution in [3.05, 3.63) is 35.9 Å². The summed E-state index contributed by atoms with van der Waals surface area (Å²) in [6.45, 7) is 6.35. The predicted octanol–water partition coefficient (Wildman–Crippen LogP) is 2.76. The van der Waals surface area contributed by atoms with Gasteiger partial charge in [0, 0.05) is 18.4 Å². The average Bonchev–Trinajstić information content (AvgIpc) is 2.73. The molecule has 1 aromatic rings. The topological polar surface area (TPSA) is 83.5 Å². The Bertz CT molecular complexity index is 726. The molecule has 1 unspecified atom stereocenters. The highest BCUT2D eigenvalue weighted by Gasteiger charge is 2.54. The van der Waals surface area contributed by atoms with Crippen LogP contribution in [0.25, 0.3) is 0 Å². The highest BCUT2D eigenvalue weighted by molar-refractivity contribution is 5.71. The van der Waals surface area contributed by atoms with Gasteiger partial charge in [-0.3, -0.25) is 4.79 Å². The summed E-state index contributed by atoms with van der Waals surface area (Å²) in [5.74, 6) is -0.604. The fourth-order valence-corrected chi connectivity index (χ4v) is 4.73. The van der Waals surface area contributed by atoms with E-state index in [1.165, 1.54) is 0 Å². The summed E-state index contributed by atoms with van der Waals surface area (Å²) in [7, 11) is 0. The van der Waals surface area contributed by atoms with Crippen LogP contribution in [0.4, 0.5) is 0 Å². The molecule has 4 rings (SSSR count). The minimum absolute atomic E-state index is 0.152. The van der Waals surface area contributed by atoms with Crippen LogP contribution in [0.1, 0.15) is 51.9 Å². The number of aliphatic hydroxyl groups excluding tert-OH is 1. The molecule has 3 saturated heterocycles. The number of esters is 1. The Hall–Kier alpha value is -1.51. The minimum Gasteiger partial charge on any atom is -0.466 e. The van der Waals surface area contributed by atoms with Crippen molar-refractivity contribution in [1.82, 2.24) is 0 Å². The average molecular weight is 421 g/mol. The highest BCUT2D eigenvalue weighted by Crippen LogP contribution is 2.44. The first-order valence-electron chi connectivity index (χ1n) is 10.9. The SMILES string of the molecule is CCOC(=O)C(C)C[C@@H]1O[C@@H]2C[C@@H]3O[C@H](c4ccccc4)OC[C@H]3O[C@@]2(C)C[C@H]1O. The zero-order valence-corrected chi connectivity index (χ0v) is 17.9. The van der Waals surface area contributed by atoms with Crippen molar-refractivity contribution >= 4 is 5.97 Å². The Morgan fingerprint density at radius 2 is 2.03 bits per heavy atom. The van der Waals surface area contributed by atoms with Crippen LogP contribution in [0.2, 0.25) is 0 Å². The van der Waals surface area contributed by atoms with E-state index in [2.05, 4.69) is 0 Å². The van der Waals surface area contributed by atoms with Gasteiger partial charge in [-0.1, -0.05) is 37.3 Å². The minimum atomic E-state index is -0.706. The van der Waals surface area contributed by atoms with Gasteiger partial charge in [0.1, 0.15) is 6.10 Å². The molecule has 7 nitrogen and oxygen atoms in total. The number of fused-ring (bicyclic) bond motifs is 2. The van der Waals surface area contributed by atoms with Crippen LogP contribution in [-0.4, -0.2) is 60.4 Å².